The summed E-state index contributed by atoms with van der Waals surface area (Å²) in [4.78, 5) is 19.5. The van der Waals surface area contributed by atoms with Gasteiger partial charge in [-0.05, 0) is 6.42 Å². The molecule has 0 atom stereocenters. The zero-order valence-electron chi connectivity index (χ0n) is 8.15. The third-order valence-corrected chi connectivity index (χ3v) is 1.25. The second kappa shape index (κ2) is 11.6. The topological polar surface area (TPSA) is 133 Å². The minimum absolute atomic E-state index is 0. The SMILES string of the molecule is CC#N.CCCCOP(=O)([O-])[O-].[NH4+]. The van der Waals surface area contributed by atoms with Crippen molar-refractivity contribution in [2.75, 3.05) is 6.61 Å². The van der Waals surface area contributed by atoms with Gasteiger partial charge in [0.25, 0.3) is 0 Å². The highest BCUT2D eigenvalue weighted by atomic mass is 31.2. The number of nitriles is 1. The molecule has 6 nitrogen and oxygen atoms in total. The van der Waals surface area contributed by atoms with Crippen molar-refractivity contribution in [3.8, 4) is 6.07 Å². The molecule has 0 aromatic heterocycles. The molecule has 13 heavy (non-hydrogen) atoms. The van der Waals surface area contributed by atoms with Crippen molar-refractivity contribution in [3.63, 3.8) is 0 Å². The molecule has 0 aromatic carbocycles. The molecule has 0 aromatic rings. The fourth-order valence-corrected chi connectivity index (χ4v) is 0.673. The summed E-state index contributed by atoms with van der Waals surface area (Å²) in [6.45, 7) is 3.32. The number of hydrogen-bond donors (Lipinski definition) is 1. The van der Waals surface area contributed by atoms with Crippen LogP contribution in [0.5, 0.6) is 0 Å². The highest BCUT2D eigenvalue weighted by molar-refractivity contribution is 7.43. The first-order chi connectivity index (χ1) is 5.47. The molecule has 80 valence electrons. The molecular weight excluding hydrogens is 195 g/mol. The van der Waals surface area contributed by atoms with Gasteiger partial charge in [0.05, 0.1) is 20.5 Å². The maximum absolute atomic E-state index is 9.76. The summed E-state index contributed by atoms with van der Waals surface area (Å²) in [5.41, 5.74) is 0. The Morgan fingerprint density at radius 2 is 1.92 bits per heavy atom. The van der Waals surface area contributed by atoms with Gasteiger partial charge in [0.1, 0.15) is 0 Å². The van der Waals surface area contributed by atoms with Gasteiger partial charge in [-0.15, -0.1) is 0 Å². The maximum atomic E-state index is 9.76. The zero-order valence-corrected chi connectivity index (χ0v) is 9.04. The van der Waals surface area contributed by atoms with Crippen LogP contribution in [0.2, 0.25) is 0 Å². The first-order valence-electron chi connectivity index (χ1n) is 3.45. The number of rotatable bonds is 4. The van der Waals surface area contributed by atoms with Crippen LogP contribution in [0.1, 0.15) is 26.7 Å². The van der Waals surface area contributed by atoms with Gasteiger partial charge in [0.2, 0.25) is 0 Å². The Balaban J connectivity index is -0.000000220. The van der Waals surface area contributed by atoms with E-state index in [1.165, 1.54) is 6.92 Å². The number of quaternary nitrogens is 1. The van der Waals surface area contributed by atoms with E-state index in [4.69, 9.17) is 5.26 Å². The van der Waals surface area contributed by atoms with E-state index in [2.05, 4.69) is 4.52 Å². The van der Waals surface area contributed by atoms with E-state index in [0.717, 1.165) is 6.42 Å². The predicted molar refractivity (Wildman–Crippen MR) is 45.7 cm³/mol. The lowest BCUT2D eigenvalue weighted by atomic mass is 10.4. The molecule has 4 N–H and O–H groups in total. The van der Waals surface area contributed by atoms with Crippen LogP contribution < -0.4 is 15.9 Å². The van der Waals surface area contributed by atoms with Gasteiger partial charge < -0.3 is 25.0 Å². The van der Waals surface area contributed by atoms with Crippen molar-refractivity contribution in [1.29, 1.82) is 5.26 Å². The zero-order chi connectivity index (χ0) is 10.0. The second-order valence-corrected chi connectivity index (χ2v) is 3.01. The van der Waals surface area contributed by atoms with Crippen LogP contribution in [0.4, 0.5) is 0 Å². The van der Waals surface area contributed by atoms with Crippen molar-refractivity contribution < 1.29 is 18.9 Å². The van der Waals surface area contributed by atoms with Crippen molar-refractivity contribution in [3.05, 3.63) is 0 Å². The average molecular weight is 211 g/mol. The summed E-state index contributed by atoms with van der Waals surface area (Å²) in [5, 5.41) is 7.32. The fraction of sp³-hybridized carbons (Fsp3) is 0.833. The van der Waals surface area contributed by atoms with Gasteiger partial charge in [0, 0.05) is 6.92 Å². The Morgan fingerprint density at radius 1 is 1.54 bits per heavy atom. The normalized spacial score (nSPS) is 8.85. The molecule has 0 saturated heterocycles. The van der Waals surface area contributed by atoms with E-state index in [1.807, 2.05) is 6.92 Å². The van der Waals surface area contributed by atoms with Crippen LogP contribution in [0.15, 0.2) is 0 Å². The molecule has 0 heterocycles. The predicted octanol–water partition coefficient (Wildman–Crippen LogP) is 0.538. The summed E-state index contributed by atoms with van der Waals surface area (Å²) in [5.74, 6) is 0. The van der Waals surface area contributed by atoms with E-state index in [9.17, 15) is 14.4 Å². The van der Waals surface area contributed by atoms with Crippen molar-refractivity contribution >= 4 is 7.82 Å². The average Bonchev–Trinajstić information content (AvgIpc) is 1.87. The molecule has 0 spiro atoms. The summed E-state index contributed by atoms with van der Waals surface area (Å²) in [7, 11) is -4.70. The molecule has 0 aliphatic rings. The van der Waals surface area contributed by atoms with Crippen molar-refractivity contribution in [2.45, 2.75) is 26.7 Å². The molecule has 0 fully saturated rings. The van der Waals surface area contributed by atoms with Gasteiger partial charge in [-0.25, -0.2) is 0 Å². The number of phosphoric ester groups is 1. The number of unbranched alkanes of at least 4 members (excludes halogenated alkanes) is 1. The Labute approximate surface area is 78.3 Å². The second-order valence-electron chi connectivity index (χ2n) is 1.86. The van der Waals surface area contributed by atoms with Gasteiger partial charge >= 0.3 is 0 Å². The van der Waals surface area contributed by atoms with Crippen LogP contribution in [-0.2, 0) is 9.09 Å². The molecular formula is C6H16N2O4P-. The molecule has 0 unspecified atom stereocenters. The first-order valence-corrected chi connectivity index (χ1v) is 4.91. The Morgan fingerprint density at radius 3 is 2.15 bits per heavy atom. The standard InChI is InChI=1S/C4H11O4P.C2H3N.H3N/c1-2-3-4-8-9(5,6)7;1-2-3;/h2-4H2,1H3,(H2,5,6,7);1H3;1H3/p-1. The minimum Gasteiger partial charge on any atom is -0.790 e. The van der Waals surface area contributed by atoms with Crippen LogP contribution in [-0.4, -0.2) is 6.61 Å². The highest BCUT2D eigenvalue weighted by Gasteiger charge is 1.88. The smallest absolute Gasteiger partial charge is 0.0596 e. The number of phosphoric acid groups is 1. The lowest BCUT2D eigenvalue weighted by Gasteiger charge is -2.28. The Hall–Kier alpha value is -0.440. The lowest BCUT2D eigenvalue weighted by Crippen LogP contribution is -2.16. The highest BCUT2D eigenvalue weighted by Crippen LogP contribution is 2.24. The van der Waals surface area contributed by atoms with E-state index >= 15 is 0 Å². The lowest BCUT2D eigenvalue weighted by molar-refractivity contribution is -0.341. The van der Waals surface area contributed by atoms with Crippen LogP contribution in [0.3, 0.4) is 0 Å². The third-order valence-electron chi connectivity index (χ3n) is 0.747. The van der Waals surface area contributed by atoms with Crippen LogP contribution >= 0.6 is 7.82 Å². The monoisotopic (exact) mass is 211 g/mol. The Bertz CT molecular complexity index is 174. The fourth-order valence-electron chi connectivity index (χ4n) is 0.321. The molecule has 0 saturated carbocycles. The number of hydrogen-bond acceptors (Lipinski definition) is 5. The third kappa shape index (κ3) is 34.2. The summed E-state index contributed by atoms with van der Waals surface area (Å²) in [6.07, 6.45) is 1.43. The summed E-state index contributed by atoms with van der Waals surface area (Å²) < 4.78 is 13.7. The molecule has 0 amide bonds. The largest absolute Gasteiger partial charge is 0.790 e. The maximum Gasteiger partial charge on any atom is 0.0596 e. The summed E-state index contributed by atoms with van der Waals surface area (Å²) in [6, 6.07) is 1.75. The van der Waals surface area contributed by atoms with Gasteiger partial charge in [-0.1, -0.05) is 13.3 Å². The first kappa shape index (κ1) is 18.4. The molecule has 7 heteroatoms. The molecule has 0 bridgehead atoms. The molecule has 0 rings (SSSR count). The quantitative estimate of drug-likeness (QED) is 0.535. The van der Waals surface area contributed by atoms with E-state index in [-0.39, 0.29) is 12.8 Å². The van der Waals surface area contributed by atoms with Crippen LogP contribution in [0, 0.1) is 11.3 Å². The van der Waals surface area contributed by atoms with Gasteiger partial charge in [-0.3, -0.25) is 0 Å². The number of nitrogens with zero attached hydrogens (tertiary/aromatic N) is 1. The summed E-state index contributed by atoms with van der Waals surface area (Å²) >= 11 is 0. The molecule has 0 radical (unpaired) electrons. The van der Waals surface area contributed by atoms with E-state index in [0.29, 0.717) is 6.42 Å². The van der Waals surface area contributed by atoms with Crippen molar-refractivity contribution in [2.24, 2.45) is 0 Å². The molecule has 0 aliphatic heterocycles. The van der Waals surface area contributed by atoms with E-state index in [1.54, 1.807) is 6.07 Å². The minimum atomic E-state index is -4.70. The molecule has 0 aliphatic carbocycles. The van der Waals surface area contributed by atoms with Gasteiger partial charge in [0.15, 0.2) is 0 Å². The van der Waals surface area contributed by atoms with E-state index < -0.39 is 7.82 Å². The van der Waals surface area contributed by atoms with Gasteiger partial charge in [-0.2, -0.15) is 5.26 Å². The van der Waals surface area contributed by atoms with Crippen molar-refractivity contribution in [1.82, 2.24) is 6.15 Å². The van der Waals surface area contributed by atoms with Crippen LogP contribution in [0.25, 0.3) is 0 Å². The Kier molecular flexibility index (Phi) is 16.3.